The van der Waals surface area contributed by atoms with Crippen LogP contribution in [0.5, 0.6) is 5.75 Å². The molecule has 4 nitrogen and oxygen atoms in total. The number of aromatic nitrogens is 1. The lowest BCUT2D eigenvalue weighted by atomic mass is 10.1. The number of terminal acetylenes is 1. The van der Waals surface area contributed by atoms with E-state index in [9.17, 15) is 4.79 Å². The molecule has 0 unspecified atom stereocenters. The number of benzene rings is 2. The van der Waals surface area contributed by atoms with Crippen LogP contribution in [0.4, 0.5) is 0 Å². The van der Waals surface area contributed by atoms with Gasteiger partial charge in [0.15, 0.2) is 0 Å². The van der Waals surface area contributed by atoms with Gasteiger partial charge in [0.1, 0.15) is 12.4 Å². The molecule has 132 valence electrons. The van der Waals surface area contributed by atoms with E-state index in [1.54, 1.807) is 6.92 Å². The SMILES string of the molecule is C#CCOc1ccc2c(c1)c(C(=O)OCC)c(C)n2Cc1ccccc1. The van der Waals surface area contributed by atoms with E-state index in [-0.39, 0.29) is 12.6 Å². The van der Waals surface area contributed by atoms with E-state index in [1.807, 2.05) is 43.3 Å². The molecule has 0 bridgehead atoms. The molecule has 0 amide bonds. The highest BCUT2D eigenvalue weighted by molar-refractivity contribution is 6.06. The highest BCUT2D eigenvalue weighted by atomic mass is 16.5. The Kier molecular flexibility index (Phi) is 5.28. The molecule has 0 N–H and O–H groups in total. The third-order valence-corrected chi connectivity index (χ3v) is 4.28. The summed E-state index contributed by atoms with van der Waals surface area (Å²) in [7, 11) is 0. The van der Waals surface area contributed by atoms with Crippen LogP contribution < -0.4 is 4.74 Å². The van der Waals surface area contributed by atoms with Gasteiger partial charge in [-0.1, -0.05) is 36.3 Å². The third kappa shape index (κ3) is 3.43. The van der Waals surface area contributed by atoms with Gasteiger partial charge in [0, 0.05) is 23.1 Å². The summed E-state index contributed by atoms with van der Waals surface area (Å²) in [6.45, 7) is 4.93. The van der Waals surface area contributed by atoms with Gasteiger partial charge < -0.3 is 14.0 Å². The highest BCUT2D eigenvalue weighted by Gasteiger charge is 2.21. The Labute approximate surface area is 153 Å². The van der Waals surface area contributed by atoms with E-state index < -0.39 is 0 Å². The van der Waals surface area contributed by atoms with E-state index in [4.69, 9.17) is 15.9 Å². The topological polar surface area (TPSA) is 40.5 Å². The molecular formula is C22H21NO3. The van der Waals surface area contributed by atoms with Crippen molar-refractivity contribution in [2.45, 2.75) is 20.4 Å². The fourth-order valence-corrected chi connectivity index (χ4v) is 3.11. The summed E-state index contributed by atoms with van der Waals surface area (Å²) in [4.78, 5) is 12.6. The quantitative estimate of drug-likeness (QED) is 0.496. The Morgan fingerprint density at radius 3 is 2.65 bits per heavy atom. The van der Waals surface area contributed by atoms with Crippen molar-refractivity contribution in [3.8, 4) is 18.1 Å². The molecule has 1 heterocycles. The molecular weight excluding hydrogens is 326 g/mol. The molecule has 2 aromatic carbocycles. The first kappa shape index (κ1) is 17.6. The van der Waals surface area contributed by atoms with Crippen LogP contribution in [0.15, 0.2) is 48.5 Å². The van der Waals surface area contributed by atoms with E-state index in [0.717, 1.165) is 22.2 Å². The Bertz CT molecular complexity index is 964. The smallest absolute Gasteiger partial charge is 0.340 e. The average molecular weight is 347 g/mol. The molecule has 1 aromatic heterocycles. The van der Waals surface area contributed by atoms with Crippen molar-refractivity contribution in [3.05, 3.63) is 65.4 Å². The fraction of sp³-hybridized carbons (Fsp3) is 0.227. The molecule has 3 aromatic rings. The second-order valence-corrected chi connectivity index (χ2v) is 5.92. The van der Waals surface area contributed by atoms with Crippen LogP contribution in [0.3, 0.4) is 0 Å². The maximum atomic E-state index is 12.6. The van der Waals surface area contributed by atoms with E-state index in [0.29, 0.717) is 24.5 Å². The van der Waals surface area contributed by atoms with Crippen molar-refractivity contribution in [3.63, 3.8) is 0 Å². The number of rotatable bonds is 6. The fourth-order valence-electron chi connectivity index (χ4n) is 3.11. The van der Waals surface area contributed by atoms with Crippen LogP contribution in [-0.2, 0) is 11.3 Å². The first-order valence-corrected chi connectivity index (χ1v) is 8.55. The standard InChI is InChI=1S/C22H21NO3/c1-4-13-26-18-11-12-20-19(14-18)21(22(24)25-5-2)16(3)23(20)15-17-9-7-6-8-10-17/h1,6-12,14H,5,13,15H2,2-3H3. The maximum absolute atomic E-state index is 12.6. The van der Waals surface area contributed by atoms with Crippen molar-refractivity contribution in [2.75, 3.05) is 13.2 Å². The van der Waals surface area contributed by atoms with Gasteiger partial charge in [-0.05, 0) is 37.6 Å². The van der Waals surface area contributed by atoms with Crippen molar-refractivity contribution in [1.29, 1.82) is 0 Å². The van der Waals surface area contributed by atoms with Crippen LogP contribution in [0.2, 0.25) is 0 Å². The molecule has 0 fully saturated rings. The largest absolute Gasteiger partial charge is 0.481 e. The van der Waals surface area contributed by atoms with Crippen LogP contribution >= 0.6 is 0 Å². The van der Waals surface area contributed by atoms with Crippen molar-refractivity contribution >= 4 is 16.9 Å². The molecule has 0 aliphatic rings. The van der Waals surface area contributed by atoms with Gasteiger partial charge in [0.25, 0.3) is 0 Å². The predicted molar refractivity (Wildman–Crippen MR) is 103 cm³/mol. The number of carbonyl (C=O) groups excluding carboxylic acids is 1. The number of fused-ring (bicyclic) bond motifs is 1. The summed E-state index contributed by atoms with van der Waals surface area (Å²) in [6.07, 6.45) is 5.27. The molecule has 0 radical (unpaired) electrons. The minimum Gasteiger partial charge on any atom is -0.481 e. The van der Waals surface area contributed by atoms with E-state index >= 15 is 0 Å². The van der Waals surface area contributed by atoms with Crippen LogP contribution in [0, 0.1) is 19.3 Å². The van der Waals surface area contributed by atoms with Crippen LogP contribution in [0.25, 0.3) is 10.9 Å². The third-order valence-electron chi connectivity index (χ3n) is 4.28. The van der Waals surface area contributed by atoms with Crippen molar-refractivity contribution in [1.82, 2.24) is 4.57 Å². The van der Waals surface area contributed by atoms with E-state index in [2.05, 4.69) is 22.6 Å². The predicted octanol–water partition coefficient (Wildman–Crippen LogP) is 4.19. The number of hydrogen-bond donors (Lipinski definition) is 0. The van der Waals surface area contributed by atoms with Crippen molar-refractivity contribution in [2.24, 2.45) is 0 Å². The molecule has 26 heavy (non-hydrogen) atoms. The maximum Gasteiger partial charge on any atom is 0.340 e. The lowest BCUT2D eigenvalue weighted by Crippen LogP contribution is -2.08. The normalized spacial score (nSPS) is 10.5. The summed E-state index contributed by atoms with van der Waals surface area (Å²) in [5, 5.41) is 0.811. The molecule has 0 aliphatic carbocycles. The molecule has 0 spiro atoms. The number of nitrogens with zero attached hydrogens (tertiary/aromatic N) is 1. The lowest BCUT2D eigenvalue weighted by Gasteiger charge is -2.09. The zero-order chi connectivity index (χ0) is 18.5. The molecule has 0 saturated heterocycles. The van der Waals surface area contributed by atoms with Gasteiger partial charge >= 0.3 is 5.97 Å². The van der Waals surface area contributed by atoms with Gasteiger partial charge in [-0.15, -0.1) is 6.42 Å². The van der Waals surface area contributed by atoms with Crippen molar-refractivity contribution < 1.29 is 14.3 Å². The number of ether oxygens (including phenoxy) is 2. The van der Waals surface area contributed by atoms with Crippen LogP contribution in [-0.4, -0.2) is 23.8 Å². The molecule has 3 rings (SSSR count). The number of esters is 1. The second-order valence-electron chi connectivity index (χ2n) is 5.92. The highest BCUT2D eigenvalue weighted by Crippen LogP contribution is 2.31. The van der Waals surface area contributed by atoms with Gasteiger partial charge in [-0.2, -0.15) is 0 Å². The Balaban J connectivity index is 2.13. The minimum atomic E-state index is -0.323. The van der Waals surface area contributed by atoms with Gasteiger partial charge in [0.2, 0.25) is 0 Å². The van der Waals surface area contributed by atoms with Gasteiger partial charge in [-0.3, -0.25) is 0 Å². The summed E-state index contributed by atoms with van der Waals surface area (Å²) >= 11 is 0. The van der Waals surface area contributed by atoms with Gasteiger partial charge in [-0.25, -0.2) is 4.79 Å². The summed E-state index contributed by atoms with van der Waals surface area (Å²) in [6, 6.07) is 15.8. The zero-order valence-electron chi connectivity index (χ0n) is 15.0. The Hall–Kier alpha value is -3.19. The molecule has 0 atom stereocenters. The average Bonchev–Trinajstić information content (AvgIpc) is 2.92. The molecule has 0 saturated carbocycles. The summed E-state index contributed by atoms with van der Waals surface area (Å²) < 4.78 is 12.9. The molecule has 0 aliphatic heterocycles. The monoisotopic (exact) mass is 347 g/mol. The number of hydrogen-bond acceptors (Lipinski definition) is 3. The summed E-state index contributed by atoms with van der Waals surface area (Å²) in [5.41, 5.74) is 3.57. The Morgan fingerprint density at radius 1 is 1.19 bits per heavy atom. The molecule has 4 heteroatoms. The van der Waals surface area contributed by atoms with E-state index in [1.165, 1.54) is 0 Å². The van der Waals surface area contributed by atoms with Crippen LogP contribution in [0.1, 0.15) is 28.5 Å². The Morgan fingerprint density at radius 2 is 1.96 bits per heavy atom. The lowest BCUT2D eigenvalue weighted by molar-refractivity contribution is 0.0527. The zero-order valence-corrected chi connectivity index (χ0v) is 15.0. The second kappa shape index (κ2) is 7.79. The van der Waals surface area contributed by atoms with Gasteiger partial charge in [0.05, 0.1) is 12.2 Å². The number of carbonyl (C=O) groups is 1. The minimum absolute atomic E-state index is 0.184. The first-order valence-electron chi connectivity index (χ1n) is 8.55. The first-order chi connectivity index (χ1) is 12.7. The summed E-state index contributed by atoms with van der Waals surface area (Å²) in [5.74, 6) is 2.77.